The molecule has 2 fully saturated rings. The summed E-state index contributed by atoms with van der Waals surface area (Å²) in [6.45, 7) is 3.41. The predicted molar refractivity (Wildman–Crippen MR) is 112 cm³/mol. The van der Waals surface area contributed by atoms with Crippen LogP contribution < -0.4 is 10.9 Å². The standard InChI is InChI=1S/C21H25F2N5O4/c1-12(2)10-27-18-13(3-6-15(29)26-8-7-21(22,23)11-26)9-24-28(18)20(32)16(19(27)31)17(30)25-14-4-5-14/h3,6,9,12,14,31H,4-5,7-8,10-11H2,1-2H3,(H,25,30)/b6-3+. The molecule has 0 unspecified atom stereocenters. The predicted octanol–water partition coefficient (Wildman–Crippen LogP) is 1.63. The number of aromatic hydroxyl groups is 1. The number of hydrogen-bond donors (Lipinski definition) is 2. The van der Waals surface area contributed by atoms with Crippen LogP contribution in [0.5, 0.6) is 5.88 Å². The van der Waals surface area contributed by atoms with Crippen molar-refractivity contribution >= 4 is 23.5 Å². The van der Waals surface area contributed by atoms with Gasteiger partial charge in [0.1, 0.15) is 5.65 Å². The van der Waals surface area contributed by atoms with Gasteiger partial charge in [-0.05, 0) is 24.8 Å². The summed E-state index contributed by atoms with van der Waals surface area (Å²) in [5, 5.41) is 17.6. The van der Waals surface area contributed by atoms with E-state index < -0.39 is 35.7 Å². The van der Waals surface area contributed by atoms with Gasteiger partial charge in [-0.2, -0.15) is 9.61 Å². The number of carbonyl (C=O) groups is 2. The monoisotopic (exact) mass is 449 g/mol. The molecule has 9 nitrogen and oxygen atoms in total. The van der Waals surface area contributed by atoms with Crippen molar-refractivity contribution in [3.05, 3.63) is 33.8 Å². The average Bonchev–Trinajstić information content (AvgIpc) is 3.29. The van der Waals surface area contributed by atoms with Crippen LogP contribution in [0, 0.1) is 5.92 Å². The van der Waals surface area contributed by atoms with Crippen LogP contribution in [-0.4, -0.2) is 61.1 Å². The average molecular weight is 449 g/mol. The highest BCUT2D eigenvalue weighted by atomic mass is 19.3. The maximum Gasteiger partial charge on any atom is 0.291 e. The van der Waals surface area contributed by atoms with Gasteiger partial charge >= 0.3 is 0 Å². The van der Waals surface area contributed by atoms with Crippen LogP contribution in [0.2, 0.25) is 0 Å². The molecule has 0 aromatic carbocycles. The molecule has 3 heterocycles. The summed E-state index contributed by atoms with van der Waals surface area (Å²) < 4.78 is 29.2. The van der Waals surface area contributed by atoms with Crippen LogP contribution in [0.3, 0.4) is 0 Å². The molecule has 2 amide bonds. The Balaban J connectivity index is 1.74. The number of nitrogens with one attached hydrogen (secondary N) is 1. The molecule has 2 aromatic rings. The molecule has 1 aliphatic carbocycles. The number of rotatable bonds is 6. The molecule has 32 heavy (non-hydrogen) atoms. The summed E-state index contributed by atoms with van der Waals surface area (Å²) in [6.07, 6.45) is 5.12. The van der Waals surface area contributed by atoms with E-state index in [2.05, 4.69) is 10.4 Å². The summed E-state index contributed by atoms with van der Waals surface area (Å²) in [5.41, 5.74) is -0.619. The van der Waals surface area contributed by atoms with Gasteiger partial charge in [0, 0.05) is 37.2 Å². The molecular formula is C21H25F2N5O4. The fourth-order valence-corrected chi connectivity index (χ4v) is 3.74. The first-order valence-electron chi connectivity index (χ1n) is 10.6. The third kappa shape index (κ3) is 4.23. The van der Waals surface area contributed by atoms with Gasteiger partial charge in [0.05, 0.1) is 12.7 Å². The highest BCUT2D eigenvalue weighted by molar-refractivity contribution is 5.97. The molecule has 1 aliphatic heterocycles. The molecule has 2 aromatic heterocycles. The van der Waals surface area contributed by atoms with E-state index in [1.807, 2.05) is 13.8 Å². The normalized spacial score (nSPS) is 18.2. The Kier molecular flexibility index (Phi) is 5.51. The van der Waals surface area contributed by atoms with Crippen molar-refractivity contribution < 1.29 is 23.5 Å². The van der Waals surface area contributed by atoms with Crippen molar-refractivity contribution in [2.24, 2.45) is 5.92 Å². The number of alkyl halides is 2. The third-order valence-electron chi connectivity index (χ3n) is 5.49. The van der Waals surface area contributed by atoms with Gasteiger partial charge in [-0.3, -0.25) is 19.0 Å². The van der Waals surface area contributed by atoms with Crippen molar-refractivity contribution in [2.75, 3.05) is 13.1 Å². The Morgan fingerprint density at radius 3 is 2.69 bits per heavy atom. The van der Waals surface area contributed by atoms with Gasteiger partial charge in [-0.25, -0.2) is 8.78 Å². The van der Waals surface area contributed by atoms with Crippen molar-refractivity contribution in [2.45, 2.75) is 51.6 Å². The smallest absolute Gasteiger partial charge is 0.291 e. The van der Waals surface area contributed by atoms with E-state index in [1.165, 1.54) is 16.8 Å². The van der Waals surface area contributed by atoms with E-state index in [0.29, 0.717) is 5.56 Å². The number of fused-ring (bicyclic) bond motifs is 1. The Morgan fingerprint density at radius 1 is 1.38 bits per heavy atom. The van der Waals surface area contributed by atoms with Crippen molar-refractivity contribution in [1.29, 1.82) is 0 Å². The number of likely N-dealkylation sites (tertiary alicyclic amines) is 1. The second-order valence-electron chi connectivity index (χ2n) is 8.79. The van der Waals surface area contributed by atoms with Crippen LogP contribution in [0.15, 0.2) is 17.1 Å². The van der Waals surface area contributed by atoms with Crippen molar-refractivity contribution in [3.8, 4) is 5.88 Å². The number of aromatic nitrogens is 3. The molecule has 0 spiro atoms. The maximum absolute atomic E-state index is 13.4. The molecule has 0 bridgehead atoms. The quantitative estimate of drug-likeness (QED) is 0.652. The second-order valence-corrected chi connectivity index (χ2v) is 8.79. The zero-order valence-electron chi connectivity index (χ0n) is 17.8. The number of nitrogens with zero attached hydrogens (tertiary/aromatic N) is 4. The molecule has 2 N–H and O–H groups in total. The van der Waals surface area contributed by atoms with E-state index in [-0.39, 0.29) is 42.7 Å². The molecule has 172 valence electrons. The zero-order chi connectivity index (χ0) is 23.2. The van der Waals surface area contributed by atoms with Gasteiger partial charge < -0.3 is 15.3 Å². The highest BCUT2D eigenvalue weighted by Gasteiger charge is 2.39. The first-order chi connectivity index (χ1) is 15.1. The fourth-order valence-electron chi connectivity index (χ4n) is 3.74. The van der Waals surface area contributed by atoms with E-state index in [1.54, 1.807) is 0 Å². The van der Waals surface area contributed by atoms with Gasteiger partial charge in [0.15, 0.2) is 5.56 Å². The number of amides is 2. The molecule has 2 aliphatic rings. The second kappa shape index (κ2) is 8.03. The Morgan fingerprint density at radius 2 is 2.09 bits per heavy atom. The number of hydrogen-bond acceptors (Lipinski definition) is 5. The SMILES string of the molecule is CC(C)Cn1c(O)c(C(=O)NC2CC2)c(=O)n2ncc(/C=C/C(=O)N3CCC(F)(F)C3)c12. The van der Waals surface area contributed by atoms with Crippen molar-refractivity contribution in [1.82, 2.24) is 24.4 Å². The van der Waals surface area contributed by atoms with Crippen LogP contribution in [0.4, 0.5) is 8.78 Å². The lowest BCUT2D eigenvalue weighted by Crippen LogP contribution is -2.34. The van der Waals surface area contributed by atoms with Crippen molar-refractivity contribution in [3.63, 3.8) is 0 Å². The lowest BCUT2D eigenvalue weighted by atomic mass is 10.2. The van der Waals surface area contributed by atoms with Gasteiger partial charge in [0.25, 0.3) is 17.4 Å². The largest absolute Gasteiger partial charge is 0.494 e. The number of carbonyl (C=O) groups excluding carboxylic acids is 2. The van der Waals surface area contributed by atoms with Crippen LogP contribution in [0.25, 0.3) is 11.7 Å². The highest BCUT2D eigenvalue weighted by Crippen LogP contribution is 2.27. The summed E-state index contributed by atoms with van der Waals surface area (Å²) in [6, 6.07) is -0.00404. The number of halogens is 2. The summed E-state index contributed by atoms with van der Waals surface area (Å²) in [4.78, 5) is 38.9. The van der Waals surface area contributed by atoms with Gasteiger partial charge in [0.2, 0.25) is 11.8 Å². The Labute approximate surface area is 182 Å². The lowest BCUT2D eigenvalue weighted by molar-refractivity contribution is -0.126. The van der Waals surface area contributed by atoms with Crippen LogP contribution in [-0.2, 0) is 11.3 Å². The van der Waals surface area contributed by atoms with E-state index >= 15 is 0 Å². The Bertz CT molecular complexity index is 1160. The first kappa shape index (κ1) is 22.0. The molecule has 1 saturated heterocycles. The topological polar surface area (TPSA) is 109 Å². The molecular weight excluding hydrogens is 424 g/mol. The van der Waals surface area contributed by atoms with E-state index in [9.17, 15) is 28.3 Å². The molecule has 0 atom stereocenters. The Hall–Kier alpha value is -3.24. The third-order valence-corrected chi connectivity index (χ3v) is 5.49. The molecule has 11 heteroatoms. The summed E-state index contributed by atoms with van der Waals surface area (Å²) in [7, 11) is 0. The molecule has 4 rings (SSSR count). The molecule has 1 saturated carbocycles. The minimum atomic E-state index is -2.89. The van der Waals surface area contributed by atoms with Crippen LogP contribution >= 0.6 is 0 Å². The van der Waals surface area contributed by atoms with E-state index in [0.717, 1.165) is 28.3 Å². The first-order valence-corrected chi connectivity index (χ1v) is 10.6. The van der Waals surface area contributed by atoms with Gasteiger partial charge in [-0.15, -0.1) is 0 Å². The fraction of sp³-hybridized carbons (Fsp3) is 0.524. The molecule has 0 radical (unpaired) electrons. The maximum atomic E-state index is 13.4. The van der Waals surface area contributed by atoms with E-state index in [4.69, 9.17) is 0 Å². The lowest BCUT2D eigenvalue weighted by Gasteiger charge is -2.17. The van der Waals surface area contributed by atoms with Crippen LogP contribution in [0.1, 0.15) is 49.0 Å². The summed E-state index contributed by atoms with van der Waals surface area (Å²) >= 11 is 0. The minimum absolute atomic E-state index is 0.00404. The summed E-state index contributed by atoms with van der Waals surface area (Å²) in [5.74, 6) is -4.56. The minimum Gasteiger partial charge on any atom is -0.494 e. The zero-order valence-corrected chi connectivity index (χ0v) is 17.8. The van der Waals surface area contributed by atoms with Gasteiger partial charge in [-0.1, -0.05) is 13.8 Å².